The summed E-state index contributed by atoms with van der Waals surface area (Å²) in [6.07, 6.45) is 7.55. The van der Waals surface area contributed by atoms with Crippen molar-refractivity contribution in [2.75, 3.05) is 6.26 Å². The zero-order valence-corrected chi connectivity index (χ0v) is 12.0. The van der Waals surface area contributed by atoms with Crippen LogP contribution in [0.5, 0.6) is 0 Å². The molecule has 0 radical (unpaired) electrons. The molecule has 0 atom stereocenters. The van der Waals surface area contributed by atoms with E-state index in [2.05, 4.69) is 4.99 Å². The van der Waals surface area contributed by atoms with Crippen molar-refractivity contribution in [3.8, 4) is 0 Å². The molecule has 0 aliphatic rings. The van der Waals surface area contributed by atoms with Crippen LogP contribution in [-0.4, -0.2) is 16.2 Å². The number of hydrogen-bond acceptors (Lipinski definition) is 4. The molecular weight excluding hydrogens is 260 g/mol. The molecule has 0 amide bonds. The number of allylic oxidation sites excluding steroid dienone is 3. The topological polar surface area (TPSA) is 55.5 Å². The summed E-state index contributed by atoms with van der Waals surface area (Å²) in [5.41, 5.74) is 1.52. The van der Waals surface area contributed by atoms with Crippen LogP contribution in [0.25, 0.3) is 5.70 Å². The van der Waals surface area contributed by atoms with Crippen molar-refractivity contribution in [1.82, 2.24) is 0 Å². The van der Waals surface area contributed by atoms with E-state index >= 15 is 0 Å². The summed E-state index contributed by atoms with van der Waals surface area (Å²) in [5.74, 6) is 0. The number of hydrogen-bond donors (Lipinski definition) is 0. The molecule has 4 nitrogen and oxygen atoms in total. The second-order valence-electron chi connectivity index (χ2n) is 3.72. The summed E-state index contributed by atoms with van der Waals surface area (Å²) in [7, 11) is 0. The Morgan fingerprint density at radius 3 is 2.79 bits per heavy atom. The Kier molecular flexibility index (Phi) is 6.02. The number of non-ortho nitro benzene ring substituents is 1. The van der Waals surface area contributed by atoms with Gasteiger partial charge in [-0.05, 0) is 26.2 Å². The lowest BCUT2D eigenvalue weighted by Crippen LogP contribution is -1.91. The van der Waals surface area contributed by atoms with Gasteiger partial charge in [-0.15, -0.1) is 11.8 Å². The molecule has 0 unspecified atom stereocenters. The number of nitro groups is 1. The van der Waals surface area contributed by atoms with Crippen LogP contribution in [0.1, 0.15) is 19.4 Å². The quantitative estimate of drug-likeness (QED) is 0.271. The predicted molar refractivity (Wildman–Crippen MR) is 82.5 cm³/mol. The first-order valence-corrected chi connectivity index (χ1v) is 6.98. The van der Waals surface area contributed by atoms with Crippen molar-refractivity contribution < 1.29 is 4.92 Å². The monoisotopic (exact) mass is 276 g/mol. The number of nitro benzene ring substituents is 1. The third kappa shape index (κ3) is 4.71. The maximum absolute atomic E-state index is 10.8. The Balaban J connectivity index is 3.25. The van der Waals surface area contributed by atoms with E-state index in [1.165, 1.54) is 12.1 Å². The molecule has 1 aromatic rings. The highest BCUT2D eigenvalue weighted by Crippen LogP contribution is 2.22. The fourth-order valence-corrected chi connectivity index (χ4v) is 1.57. The van der Waals surface area contributed by atoms with E-state index in [0.29, 0.717) is 5.70 Å². The van der Waals surface area contributed by atoms with E-state index in [9.17, 15) is 10.1 Å². The average molecular weight is 276 g/mol. The molecule has 1 rings (SSSR count). The Hall–Kier alpha value is -1.88. The fourth-order valence-electron chi connectivity index (χ4n) is 1.38. The minimum atomic E-state index is -0.401. The molecule has 5 heteroatoms. The Morgan fingerprint density at radius 2 is 2.21 bits per heavy atom. The summed E-state index contributed by atoms with van der Waals surface area (Å²) in [6, 6.07) is 6.49. The first-order chi connectivity index (χ1) is 9.08. The van der Waals surface area contributed by atoms with Gasteiger partial charge in [-0.1, -0.05) is 24.3 Å². The zero-order valence-electron chi connectivity index (χ0n) is 11.2. The third-order valence-corrected chi connectivity index (χ3v) is 3.05. The summed E-state index contributed by atoms with van der Waals surface area (Å²) in [5, 5.41) is 11.7. The molecule has 0 aliphatic heterocycles. The minimum Gasteiger partial charge on any atom is -0.258 e. The van der Waals surface area contributed by atoms with Gasteiger partial charge in [0, 0.05) is 17.7 Å². The van der Waals surface area contributed by atoms with Gasteiger partial charge in [-0.25, -0.2) is 4.99 Å². The lowest BCUT2D eigenvalue weighted by molar-refractivity contribution is -0.384. The highest BCUT2D eigenvalue weighted by molar-refractivity contribution is 8.13. The van der Waals surface area contributed by atoms with Crippen LogP contribution in [0.15, 0.2) is 47.5 Å². The summed E-state index contributed by atoms with van der Waals surface area (Å²) in [6.45, 7) is 3.82. The number of nitrogens with zero attached hydrogens (tertiary/aromatic N) is 2. The average Bonchev–Trinajstić information content (AvgIpc) is 2.43. The van der Waals surface area contributed by atoms with Crippen LogP contribution in [-0.2, 0) is 0 Å². The normalized spacial score (nSPS) is 13.0. The molecule has 0 saturated heterocycles. The molecule has 1 aromatic carbocycles. The summed E-state index contributed by atoms with van der Waals surface area (Å²) in [4.78, 5) is 14.9. The van der Waals surface area contributed by atoms with E-state index in [1.807, 2.05) is 44.4 Å². The molecule has 0 fully saturated rings. The molecule has 0 aromatic heterocycles. The fraction of sp³-hybridized carbons (Fsp3) is 0.214. The zero-order chi connectivity index (χ0) is 14.3. The van der Waals surface area contributed by atoms with E-state index in [-0.39, 0.29) is 5.69 Å². The van der Waals surface area contributed by atoms with Gasteiger partial charge in [0.1, 0.15) is 0 Å². The van der Waals surface area contributed by atoms with E-state index in [0.717, 1.165) is 10.6 Å². The molecule has 19 heavy (non-hydrogen) atoms. The number of benzene rings is 1. The highest BCUT2D eigenvalue weighted by Gasteiger charge is 2.08. The molecular formula is C14H16N2O2S. The van der Waals surface area contributed by atoms with Crippen molar-refractivity contribution in [3.05, 3.63) is 58.2 Å². The maximum Gasteiger partial charge on any atom is 0.270 e. The summed E-state index contributed by atoms with van der Waals surface area (Å²) < 4.78 is 0. The second kappa shape index (κ2) is 7.53. The molecule has 0 heterocycles. The number of aliphatic imine (C=N–C) groups is 1. The van der Waals surface area contributed by atoms with Gasteiger partial charge in [-0.2, -0.15) is 0 Å². The molecule has 0 spiro atoms. The smallest absolute Gasteiger partial charge is 0.258 e. The number of thioether (sulfide) groups is 1. The van der Waals surface area contributed by atoms with Gasteiger partial charge in [0.05, 0.1) is 15.7 Å². The SMILES string of the molecule is C\C=C/C=C(\N=C(/C)SC)c1cccc([N+](=O)[O-])c1. The van der Waals surface area contributed by atoms with Gasteiger partial charge < -0.3 is 0 Å². The molecule has 100 valence electrons. The standard InChI is InChI=1S/C14H16N2O2S/c1-4-5-9-14(15-11(2)19-3)12-7-6-8-13(10-12)16(17)18/h4-10H,1-3H3/b5-4-,14-9-,15-11+. The van der Waals surface area contributed by atoms with Gasteiger partial charge in [0.2, 0.25) is 0 Å². The Labute approximate surface area is 117 Å². The van der Waals surface area contributed by atoms with Crippen LogP contribution in [0.3, 0.4) is 0 Å². The van der Waals surface area contributed by atoms with Crippen LogP contribution < -0.4 is 0 Å². The third-order valence-electron chi connectivity index (χ3n) is 2.37. The lowest BCUT2D eigenvalue weighted by Gasteiger charge is -2.03. The van der Waals surface area contributed by atoms with E-state index in [4.69, 9.17) is 0 Å². The van der Waals surface area contributed by atoms with Crippen LogP contribution in [0, 0.1) is 10.1 Å². The molecule has 0 saturated carbocycles. The van der Waals surface area contributed by atoms with E-state index < -0.39 is 4.92 Å². The van der Waals surface area contributed by atoms with Crippen molar-refractivity contribution >= 4 is 28.2 Å². The van der Waals surface area contributed by atoms with Crippen molar-refractivity contribution in [1.29, 1.82) is 0 Å². The Bertz CT molecular complexity index is 548. The van der Waals surface area contributed by atoms with Gasteiger partial charge in [0.25, 0.3) is 5.69 Å². The maximum atomic E-state index is 10.8. The highest BCUT2D eigenvalue weighted by atomic mass is 32.2. The summed E-state index contributed by atoms with van der Waals surface area (Å²) >= 11 is 1.54. The van der Waals surface area contributed by atoms with Crippen LogP contribution in [0.2, 0.25) is 0 Å². The van der Waals surface area contributed by atoms with Crippen LogP contribution in [0.4, 0.5) is 5.69 Å². The largest absolute Gasteiger partial charge is 0.270 e. The molecule has 0 aliphatic carbocycles. The van der Waals surface area contributed by atoms with Crippen molar-refractivity contribution in [3.63, 3.8) is 0 Å². The predicted octanol–water partition coefficient (Wildman–Crippen LogP) is 4.29. The van der Waals surface area contributed by atoms with Gasteiger partial charge in [0.15, 0.2) is 0 Å². The van der Waals surface area contributed by atoms with Crippen LogP contribution >= 0.6 is 11.8 Å². The lowest BCUT2D eigenvalue weighted by atomic mass is 10.1. The first-order valence-electron chi connectivity index (χ1n) is 5.75. The van der Waals surface area contributed by atoms with Crippen molar-refractivity contribution in [2.24, 2.45) is 4.99 Å². The van der Waals surface area contributed by atoms with Gasteiger partial charge in [-0.3, -0.25) is 10.1 Å². The molecule has 0 N–H and O–H groups in total. The minimum absolute atomic E-state index is 0.0703. The molecule has 0 bridgehead atoms. The second-order valence-corrected chi connectivity index (χ2v) is 4.72. The first kappa shape index (κ1) is 15.2. The van der Waals surface area contributed by atoms with E-state index in [1.54, 1.807) is 17.8 Å². The van der Waals surface area contributed by atoms with Gasteiger partial charge >= 0.3 is 0 Å². The van der Waals surface area contributed by atoms with Crippen molar-refractivity contribution in [2.45, 2.75) is 13.8 Å². The number of rotatable bonds is 4. The Morgan fingerprint density at radius 1 is 1.47 bits per heavy atom.